The average Bonchev–Trinajstić information content (AvgIpc) is 2.42. The third kappa shape index (κ3) is 5.35. The summed E-state index contributed by atoms with van der Waals surface area (Å²) >= 11 is 0. The third-order valence-corrected chi connectivity index (χ3v) is 5.31. The first-order valence-corrected chi connectivity index (χ1v) is 9.12. The lowest BCUT2D eigenvalue weighted by Crippen LogP contribution is -2.55. The Morgan fingerprint density at radius 2 is 1.87 bits per heavy atom. The van der Waals surface area contributed by atoms with E-state index in [1.54, 1.807) is 0 Å². The van der Waals surface area contributed by atoms with E-state index in [-0.39, 0.29) is 24.8 Å². The summed E-state index contributed by atoms with van der Waals surface area (Å²) in [5.74, 6) is 0. The van der Waals surface area contributed by atoms with Gasteiger partial charge in [0.25, 0.3) is 0 Å². The number of carbonyl (C=O) groups is 1. The van der Waals surface area contributed by atoms with Gasteiger partial charge in [-0.2, -0.15) is 0 Å². The van der Waals surface area contributed by atoms with Gasteiger partial charge >= 0.3 is 6.09 Å². The quantitative estimate of drug-likeness (QED) is 0.726. The molecule has 3 N–H and O–H groups in total. The topological polar surface area (TPSA) is 70.6 Å². The molecule has 134 valence electrons. The van der Waals surface area contributed by atoms with Gasteiger partial charge in [-0.15, -0.1) is 0 Å². The lowest BCUT2D eigenvalue weighted by molar-refractivity contribution is 0.0147. The first kappa shape index (κ1) is 18.5. The number of hydrogen-bond donors (Lipinski definition) is 3. The average molecular weight is 326 g/mol. The van der Waals surface area contributed by atoms with Gasteiger partial charge in [-0.05, 0) is 71.1 Å². The minimum Gasteiger partial charge on any atom is -0.444 e. The van der Waals surface area contributed by atoms with Crippen molar-refractivity contribution in [3.8, 4) is 0 Å². The lowest BCUT2D eigenvalue weighted by atomic mass is 9.57. The second-order valence-corrected chi connectivity index (χ2v) is 8.48. The number of alkyl carbamates (subject to hydrolysis) is 1. The first-order valence-electron chi connectivity index (χ1n) is 9.12. The monoisotopic (exact) mass is 326 g/mol. The number of amides is 1. The molecule has 0 aliphatic heterocycles. The Hall–Kier alpha value is -0.810. The molecule has 1 spiro atoms. The molecule has 0 aromatic carbocycles. The summed E-state index contributed by atoms with van der Waals surface area (Å²) in [4.78, 5) is 11.8. The summed E-state index contributed by atoms with van der Waals surface area (Å²) in [5, 5.41) is 15.8. The number of ether oxygens (including phenoxy) is 1. The van der Waals surface area contributed by atoms with Gasteiger partial charge in [0.1, 0.15) is 5.60 Å². The molecule has 0 radical (unpaired) electrons. The maximum atomic E-state index is 11.8. The number of rotatable bonds is 5. The Morgan fingerprint density at radius 3 is 2.35 bits per heavy atom. The Balaban J connectivity index is 1.68. The van der Waals surface area contributed by atoms with Crippen LogP contribution in [0.2, 0.25) is 0 Å². The van der Waals surface area contributed by atoms with Crippen molar-refractivity contribution in [2.75, 3.05) is 6.61 Å². The first-order chi connectivity index (χ1) is 10.8. The summed E-state index contributed by atoms with van der Waals surface area (Å²) in [7, 11) is 0. The maximum Gasteiger partial charge on any atom is 0.407 e. The van der Waals surface area contributed by atoms with Crippen molar-refractivity contribution in [3.63, 3.8) is 0 Å². The summed E-state index contributed by atoms with van der Waals surface area (Å²) < 4.78 is 5.33. The Morgan fingerprint density at radius 1 is 1.26 bits per heavy atom. The van der Waals surface area contributed by atoms with Crippen LogP contribution in [0.15, 0.2) is 0 Å². The molecule has 0 saturated heterocycles. The van der Waals surface area contributed by atoms with E-state index in [9.17, 15) is 9.90 Å². The van der Waals surface area contributed by atoms with Crippen molar-refractivity contribution < 1.29 is 14.6 Å². The van der Waals surface area contributed by atoms with Gasteiger partial charge in [-0.1, -0.05) is 6.92 Å². The van der Waals surface area contributed by atoms with E-state index < -0.39 is 5.60 Å². The van der Waals surface area contributed by atoms with E-state index in [2.05, 4.69) is 17.6 Å². The van der Waals surface area contributed by atoms with E-state index in [1.165, 1.54) is 25.7 Å². The van der Waals surface area contributed by atoms with Crippen molar-refractivity contribution in [3.05, 3.63) is 0 Å². The fourth-order valence-corrected chi connectivity index (χ4v) is 3.99. The molecule has 2 rings (SSSR count). The molecule has 2 aliphatic rings. The van der Waals surface area contributed by atoms with Gasteiger partial charge in [0, 0.05) is 18.1 Å². The Labute approximate surface area is 140 Å². The molecule has 0 aromatic rings. The van der Waals surface area contributed by atoms with E-state index >= 15 is 0 Å². The van der Waals surface area contributed by atoms with Crippen molar-refractivity contribution in [1.29, 1.82) is 0 Å². The van der Waals surface area contributed by atoms with Crippen LogP contribution in [0.4, 0.5) is 4.79 Å². The van der Waals surface area contributed by atoms with Crippen molar-refractivity contribution in [2.24, 2.45) is 5.41 Å². The van der Waals surface area contributed by atoms with Crippen molar-refractivity contribution in [2.45, 2.75) is 96.4 Å². The van der Waals surface area contributed by atoms with Crippen LogP contribution in [0.25, 0.3) is 0 Å². The maximum absolute atomic E-state index is 11.8. The SMILES string of the molecule is CC[C@@H](CO)NC1CC2(CCC(NC(=O)OC(C)(C)C)CC2)C1. The molecule has 2 saturated carbocycles. The van der Waals surface area contributed by atoms with Gasteiger partial charge in [-0.3, -0.25) is 0 Å². The molecule has 1 atom stereocenters. The zero-order valence-corrected chi connectivity index (χ0v) is 15.2. The zero-order chi connectivity index (χ0) is 17.1. The number of hydrogen-bond acceptors (Lipinski definition) is 4. The van der Waals surface area contributed by atoms with Crippen LogP contribution in [-0.4, -0.2) is 41.5 Å². The molecule has 2 aliphatic carbocycles. The zero-order valence-electron chi connectivity index (χ0n) is 15.2. The minimum atomic E-state index is -0.435. The molecular weight excluding hydrogens is 292 g/mol. The molecule has 0 unspecified atom stereocenters. The van der Waals surface area contributed by atoms with Crippen molar-refractivity contribution >= 4 is 6.09 Å². The summed E-state index contributed by atoms with van der Waals surface area (Å²) in [6.07, 6.45) is 7.56. The lowest BCUT2D eigenvalue weighted by Gasteiger charge is -2.52. The van der Waals surface area contributed by atoms with Crippen LogP contribution in [0.1, 0.15) is 72.6 Å². The molecule has 0 aromatic heterocycles. The highest BCUT2D eigenvalue weighted by atomic mass is 16.6. The van der Waals surface area contributed by atoms with Gasteiger partial charge in [0.15, 0.2) is 0 Å². The third-order valence-electron chi connectivity index (χ3n) is 5.31. The van der Waals surface area contributed by atoms with Gasteiger partial charge in [-0.25, -0.2) is 4.79 Å². The molecular formula is C18H34N2O3. The predicted octanol–water partition coefficient (Wildman–Crippen LogP) is 2.96. The number of aliphatic hydroxyl groups excluding tert-OH is 1. The highest BCUT2D eigenvalue weighted by Crippen LogP contribution is 2.51. The van der Waals surface area contributed by atoms with Crippen LogP contribution in [0.5, 0.6) is 0 Å². The standard InChI is InChI=1S/C18H34N2O3/c1-5-13(12-21)19-15-10-18(11-15)8-6-14(7-9-18)20-16(22)23-17(2,3)4/h13-15,19,21H,5-12H2,1-4H3,(H,20,22)/t13-,14?,15?,18?/m0/s1. The Bertz CT molecular complexity index is 386. The molecule has 5 nitrogen and oxygen atoms in total. The number of carbonyl (C=O) groups excluding carboxylic acids is 1. The molecule has 1 amide bonds. The minimum absolute atomic E-state index is 0.224. The van der Waals surface area contributed by atoms with Gasteiger partial charge in [0.05, 0.1) is 6.61 Å². The van der Waals surface area contributed by atoms with Gasteiger partial charge < -0.3 is 20.5 Å². The van der Waals surface area contributed by atoms with Crippen LogP contribution in [-0.2, 0) is 4.74 Å². The second kappa shape index (κ2) is 7.39. The number of aliphatic hydroxyl groups is 1. The smallest absolute Gasteiger partial charge is 0.407 e. The van der Waals surface area contributed by atoms with Crippen LogP contribution >= 0.6 is 0 Å². The van der Waals surface area contributed by atoms with Crippen molar-refractivity contribution in [1.82, 2.24) is 10.6 Å². The van der Waals surface area contributed by atoms with Gasteiger partial charge in [0.2, 0.25) is 0 Å². The highest BCUT2D eigenvalue weighted by molar-refractivity contribution is 5.68. The summed E-state index contributed by atoms with van der Waals surface area (Å²) in [6.45, 7) is 8.00. The molecule has 5 heteroatoms. The molecule has 23 heavy (non-hydrogen) atoms. The molecule has 0 bridgehead atoms. The fraction of sp³-hybridized carbons (Fsp3) is 0.944. The van der Waals surface area contributed by atoms with E-state index in [0.29, 0.717) is 11.5 Å². The molecule has 2 fully saturated rings. The Kier molecular flexibility index (Phi) is 5.95. The second-order valence-electron chi connectivity index (χ2n) is 8.48. The van der Waals surface area contributed by atoms with Crippen LogP contribution in [0, 0.1) is 5.41 Å². The highest BCUT2D eigenvalue weighted by Gasteiger charge is 2.46. The largest absolute Gasteiger partial charge is 0.444 e. The van der Waals surface area contributed by atoms with E-state index in [0.717, 1.165) is 19.3 Å². The van der Waals surface area contributed by atoms with E-state index in [1.807, 2.05) is 20.8 Å². The fourth-order valence-electron chi connectivity index (χ4n) is 3.99. The summed E-state index contributed by atoms with van der Waals surface area (Å²) in [5.41, 5.74) is 0.0346. The summed E-state index contributed by atoms with van der Waals surface area (Å²) in [6, 6.07) is 1.05. The van der Waals surface area contributed by atoms with Crippen LogP contribution in [0.3, 0.4) is 0 Å². The molecule has 0 heterocycles. The normalized spacial score (nSPS) is 32.2. The number of nitrogens with one attached hydrogen (secondary N) is 2. The van der Waals surface area contributed by atoms with E-state index in [4.69, 9.17) is 4.74 Å². The van der Waals surface area contributed by atoms with Crippen LogP contribution < -0.4 is 10.6 Å². The predicted molar refractivity (Wildman–Crippen MR) is 91.4 cm³/mol.